The summed E-state index contributed by atoms with van der Waals surface area (Å²) < 4.78 is 11.7. The maximum atomic E-state index is 6.01. The van der Waals surface area contributed by atoms with Gasteiger partial charge in [0.25, 0.3) is 0 Å². The maximum Gasteiger partial charge on any atom is 0.0746 e. The molecule has 0 amide bonds. The van der Waals surface area contributed by atoms with Crippen molar-refractivity contribution in [1.29, 1.82) is 0 Å². The van der Waals surface area contributed by atoms with Gasteiger partial charge in [0.1, 0.15) is 0 Å². The summed E-state index contributed by atoms with van der Waals surface area (Å²) in [6.07, 6.45) is 4.64. The second-order valence-electron chi connectivity index (χ2n) is 4.95. The second kappa shape index (κ2) is 3.80. The van der Waals surface area contributed by atoms with Crippen LogP contribution < -0.4 is 5.73 Å². The number of nitrogens with two attached hydrogens (primary N) is 1. The van der Waals surface area contributed by atoms with Gasteiger partial charge in [-0.3, -0.25) is 0 Å². The standard InChI is InChI=1S/C11H21NO2/c1-8-5-11(6-9(2)14-8)7-10(12)3-4-13-11/h8-10H,3-7,12H2,1-2H3. The molecule has 2 aliphatic rings. The van der Waals surface area contributed by atoms with Crippen LogP contribution in [-0.4, -0.2) is 30.5 Å². The van der Waals surface area contributed by atoms with Gasteiger partial charge in [-0.2, -0.15) is 0 Å². The summed E-state index contributed by atoms with van der Waals surface area (Å²) in [5.74, 6) is 0. The summed E-state index contributed by atoms with van der Waals surface area (Å²) in [5, 5.41) is 0. The van der Waals surface area contributed by atoms with Crippen LogP contribution in [0.1, 0.15) is 39.5 Å². The molecule has 1 spiro atoms. The summed E-state index contributed by atoms with van der Waals surface area (Å²) >= 11 is 0. The molecule has 3 heteroatoms. The molecule has 2 fully saturated rings. The van der Waals surface area contributed by atoms with Crippen molar-refractivity contribution in [2.24, 2.45) is 5.73 Å². The fourth-order valence-corrected chi connectivity index (χ4v) is 2.97. The van der Waals surface area contributed by atoms with Crippen LogP contribution in [0.3, 0.4) is 0 Å². The fourth-order valence-electron chi connectivity index (χ4n) is 2.97. The normalized spacial score (nSPS) is 49.5. The van der Waals surface area contributed by atoms with E-state index in [-0.39, 0.29) is 5.60 Å². The lowest BCUT2D eigenvalue weighted by Gasteiger charge is -2.46. The average Bonchev–Trinajstić information content (AvgIpc) is 1.99. The first kappa shape index (κ1) is 10.4. The average molecular weight is 199 g/mol. The minimum absolute atomic E-state index is 0.0226. The zero-order chi connectivity index (χ0) is 10.2. The quantitative estimate of drug-likeness (QED) is 0.642. The van der Waals surface area contributed by atoms with Crippen molar-refractivity contribution in [2.75, 3.05) is 6.61 Å². The Kier molecular flexibility index (Phi) is 2.82. The van der Waals surface area contributed by atoms with E-state index in [2.05, 4.69) is 13.8 Å². The zero-order valence-electron chi connectivity index (χ0n) is 9.16. The monoisotopic (exact) mass is 199 g/mol. The molecule has 3 atom stereocenters. The number of hydrogen-bond acceptors (Lipinski definition) is 3. The summed E-state index contributed by atoms with van der Waals surface area (Å²) in [7, 11) is 0. The largest absolute Gasteiger partial charge is 0.375 e. The molecule has 2 N–H and O–H groups in total. The molecule has 0 aromatic heterocycles. The highest BCUT2D eigenvalue weighted by Gasteiger charge is 2.42. The third-order valence-corrected chi connectivity index (χ3v) is 3.31. The third kappa shape index (κ3) is 2.10. The molecule has 0 aliphatic carbocycles. The Balaban J connectivity index is 2.05. The van der Waals surface area contributed by atoms with Gasteiger partial charge in [0, 0.05) is 25.5 Å². The Morgan fingerprint density at radius 3 is 2.36 bits per heavy atom. The van der Waals surface area contributed by atoms with E-state index >= 15 is 0 Å². The molecule has 2 saturated heterocycles. The first-order valence-electron chi connectivity index (χ1n) is 5.65. The Labute approximate surface area is 85.9 Å². The van der Waals surface area contributed by atoms with Crippen LogP contribution in [0.5, 0.6) is 0 Å². The van der Waals surface area contributed by atoms with Gasteiger partial charge in [-0.05, 0) is 26.7 Å². The van der Waals surface area contributed by atoms with Gasteiger partial charge in [0.05, 0.1) is 17.8 Å². The molecule has 14 heavy (non-hydrogen) atoms. The Hall–Kier alpha value is -0.120. The van der Waals surface area contributed by atoms with Crippen molar-refractivity contribution >= 4 is 0 Å². The fraction of sp³-hybridized carbons (Fsp3) is 1.00. The topological polar surface area (TPSA) is 44.5 Å². The lowest BCUT2D eigenvalue weighted by molar-refractivity contribution is -0.178. The maximum absolute atomic E-state index is 6.01. The van der Waals surface area contributed by atoms with Crippen LogP contribution in [-0.2, 0) is 9.47 Å². The third-order valence-electron chi connectivity index (χ3n) is 3.31. The van der Waals surface area contributed by atoms with Crippen LogP contribution in [0.15, 0.2) is 0 Å². The van der Waals surface area contributed by atoms with E-state index in [1.807, 2.05) is 0 Å². The van der Waals surface area contributed by atoms with E-state index < -0.39 is 0 Å². The number of ether oxygens (including phenoxy) is 2. The Morgan fingerprint density at radius 2 is 1.79 bits per heavy atom. The van der Waals surface area contributed by atoms with Crippen LogP contribution in [0, 0.1) is 0 Å². The SMILES string of the molecule is CC1CC2(CC(N)CCO2)CC(C)O1. The molecule has 0 aromatic rings. The smallest absolute Gasteiger partial charge is 0.0746 e. The lowest BCUT2D eigenvalue weighted by Crippen LogP contribution is -2.51. The van der Waals surface area contributed by atoms with Gasteiger partial charge in [-0.25, -0.2) is 0 Å². The molecule has 3 nitrogen and oxygen atoms in total. The van der Waals surface area contributed by atoms with Crippen LogP contribution in [0.2, 0.25) is 0 Å². The van der Waals surface area contributed by atoms with E-state index in [1.165, 1.54) is 0 Å². The highest BCUT2D eigenvalue weighted by Crippen LogP contribution is 2.38. The molecular formula is C11H21NO2. The summed E-state index contributed by atoms with van der Waals surface area (Å²) in [6, 6.07) is 0.321. The van der Waals surface area contributed by atoms with Crippen LogP contribution in [0.25, 0.3) is 0 Å². The predicted octanol–water partition coefficient (Wildman–Crippen LogP) is 1.45. The molecule has 2 aliphatic heterocycles. The number of rotatable bonds is 0. The molecule has 82 valence electrons. The molecule has 2 heterocycles. The number of hydrogen-bond donors (Lipinski definition) is 1. The molecule has 2 rings (SSSR count). The first-order chi connectivity index (χ1) is 6.60. The molecule has 0 aromatic carbocycles. The zero-order valence-corrected chi connectivity index (χ0v) is 9.16. The van der Waals surface area contributed by atoms with E-state index in [0.29, 0.717) is 18.2 Å². The second-order valence-corrected chi connectivity index (χ2v) is 4.95. The summed E-state index contributed by atoms with van der Waals surface area (Å²) in [6.45, 7) is 5.07. The molecule has 0 saturated carbocycles. The first-order valence-corrected chi connectivity index (χ1v) is 5.65. The molecule has 0 bridgehead atoms. The van der Waals surface area contributed by atoms with E-state index in [0.717, 1.165) is 32.3 Å². The van der Waals surface area contributed by atoms with Crippen LogP contribution in [0.4, 0.5) is 0 Å². The van der Waals surface area contributed by atoms with Gasteiger partial charge in [-0.15, -0.1) is 0 Å². The van der Waals surface area contributed by atoms with Gasteiger partial charge in [0.15, 0.2) is 0 Å². The van der Waals surface area contributed by atoms with E-state index in [1.54, 1.807) is 0 Å². The highest BCUT2D eigenvalue weighted by atomic mass is 16.5. The van der Waals surface area contributed by atoms with Crippen LogP contribution >= 0.6 is 0 Å². The molecule has 0 radical (unpaired) electrons. The summed E-state index contributed by atoms with van der Waals surface area (Å²) in [5.41, 5.74) is 6.03. The Morgan fingerprint density at radius 1 is 1.14 bits per heavy atom. The van der Waals surface area contributed by atoms with E-state index in [4.69, 9.17) is 15.2 Å². The highest BCUT2D eigenvalue weighted by molar-refractivity contribution is 4.94. The minimum Gasteiger partial charge on any atom is -0.375 e. The van der Waals surface area contributed by atoms with Crippen molar-refractivity contribution < 1.29 is 9.47 Å². The van der Waals surface area contributed by atoms with Gasteiger partial charge in [-0.1, -0.05) is 0 Å². The predicted molar refractivity (Wildman–Crippen MR) is 55.1 cm³/mol. The van der Waals surface area contributed by atoms with Crippen molar-refractivity contribution in [3.8, 4) is 0 Å². The molecule has 3 unspecified atom stereocenters. The van der Waals surface area contributed by atoms with Crippen molar-refractivity contribution in [1.82, 2.24) is 0 Å². The lowest BCUT2D eigenvalue weighted by atomic mass is 9.80. The van der Waals surface area contributed by atoms with Crippen molar-refractivity contribution in [3.05, 3.63) is 0 Å². The van der Waals surface area contributed by atoms with Gasteiger partial charge >= 0.3 is 0 Å². The van der Waals surface area contributed by atoms with Crippen molar-refractivity contribution in [2.45, 2.75) is 63.4 Å². The van der Waals surface area contributed by atoms with E-state index in [9.17, 15) is 0 Å². The van der Waals surface area contributed by atoms with Gasteiger partial charge in [0.2, 0.25) is 0 Å². The minimum atomic E-state index is 0.0226. The van der Waals surface area contributed by atoms with Crippen molar-refractivity contribution in [3.63, 3.8) is 0 Å². The van der Waals surface area contributed by atoms with Gasteiger partial charge < -0.3 is 15.2 Å². The molecular weight excluding hydrogens is 178 g/mol. The summed E-state index contributed by atoms with van der Waals surface area (Å²) in [4.78, 5) is 0. The Bertz CT molecular complexity index is 192.